The van der Waals surface area contributed by atoms with Gasteiger partial charge in [0.05, 0.1) is 17.6 Å². The van der Waals surface area contributed by atoms with Crippen LogP contribution in [-0.2, 0) is 6.42 Å². The van der Waals surface area contributed by atoms with Gasteiger partial charge in [-0.3, -0.25) is 4.98 Å². The van der Waals surface area contributed by atoms with E-state index in [2.05, 4.69) is 52.1 Å². The Bertz CT molecular complexity index is 770. The van der Waals surface area contributed by atoms with Crippen molar-refractivity contribution in [3.8, 4) is 0 Å². The van der Waals surface area contributed by atoms with E-state index in [4.69, 9.17) is 4.99 Å². The zero-order valence-electron chi connectivity index (χ0n) is 12.9. The van der Waals surface area contributed by atoms with Gasteiger partial charge in [-0.25, -0.2) is 4.99 Å². The van der Waals surface area contributed by atoms with Crippen molar-refractivity contribution in [1.82, 2.24) is 4.98 Å². The van der Waals surface area contributed by atoms with Gasteiger partial charge in [0.1, 0.15) is 0 Å². The van der Waals surface area contributed by atoms with Crippen molar-refractivity contribution in [3.63, 3.8) is 0 Å². The molecule has 0 saturated carbocycles. The lowest BCUT2D eigenvalue weighted by Gasteiger charge is -2.10. The standard InChI is InChI=1S/C20H17BrN2/c1-2-17-18(21)13-22-14-19(17)23-20(15-9-5-3-6-10-15)16-11-7-4-8-12-16/h3-14H,2H2,1H3. The van der Waals surface area contributed by atoms with Crippen molar-refractivity contribution >= 4 is 27.3 Å². The molecule has 0 bridgehead atoms. The topological polar surface area (TPSA) is 25.2 Å². The fourth-order valence-electron chi connectivity index (χ4n) is 2.51. The third-order valence-electron chi connectivity index (χ3n) is 3.66. The molecule has 0 unspecified atom stereocenters. The zero-order chi connectivity index (χ0) is 16.1. The van der Waals surface area contributed by atoms with Crippen LogP contribution in [0.4, 0.5) is 5.69 Å². The fourth-order valence-corrected chi connectivity index (χ4v) is 3.11. The molecule has 0 saturated heterocycles. The molecule has 0 spiro atoms. The molecule has 2 nitrogen and oxygen atoms in total. The van der Waals surface area contributed by atoms with E-state index < -0.39 is 0 Å². The summed E-state index contributed by atoms with van der Waals surface area (Å²) in [6.07, 6.45) is 4.55. The molecule has 0 aliphatic heterocycles. The van der Waals surface area contributed by atoms with Crippen LogP contribution < -0.4 is 0 Å². The fraction of sp³-hybridized carbons (Fsp3) is 0.100. The lowest BCUT2D eigenvalue weighted by Crippen LogP contribution is -2.03. The maximum Gasteiger partial charge on any atom is 0.0863 e. The lowest BCUT2D eigenvalue weighted by molar-refractivity contribution is 1.09. The SMILES string of the molecule is CCc1c(Br)cncc1N=C(c1ccccc1)c1ccccc1. The normalized spacial score (nSPS) is 10.3. The van der Waals surface area contributed by atoms with Crippen LogP contribution in [0.5, 0.6) is 0 Å². The smallest absolute Gasteiger partial charge is 0.0863 e. The molecule has 0 radical (unpaired) electrons. The van der Waals surface area contributed by atoms with E-state index in [1.807, 2.05) is 48.8 Å². The molecule has 1 aromatic heterocycles. The van der Waals surface area contributed by atoms with Gasteiger partial charge in [-0.05, 0) is 27.9 Å². The van der Waals surface area contributed by atoms with E-state index in [9.17, 15) is 0 Å². The summed E-state index contributed by atoms with van der Waals surface area (Å²) in [6.45, 7) is 2.13. The zero-order valence-corrected chi connectivity index (χ0v) is 14.5. The summed E-state index contributed by atoms with van der Waals surface area (Å²) in [4.78, 5) is 9.23. The summed E-state index contributed by atoms with van der Waals surface area (Å²) in [5, 5.41) is 0. The molecule has 0 atom stereocenters. The third kappa shape index (κ3) is 3.57. The Labute approximate surface area is 145 Å². The van der Waals surface area contributed by atoms with Crippen molar-refractivity contribution in [2.45, 2.75) is 13.3 Å². The van der Waals surface area contributed by atoms with Gasteiger partial charge in [-0.2, -0.15) is 0 Å². The lowest BCUT2D eigenvalue weighted by atomic mass is 10.0. The molecule has 2 aromatic carbocycles. The molecule has 0 amide bonds. The van der Waals surface area contributed by atoms with Crippen LogP contribution in [0.1, 0.15) is 23.6 Å². The number of hydrogen-bond donors (Lipinski definition) is 0. The summed E-state index contributed by atoms with van der Waals surface area (Å²) in [6, 6.07) is 20.5. The molecule has 3 heteroatoms. The van der Waals surface area contributed by atoms with E-state index in [0.29, 0.717) is 0 Å². The molecule has 3 rings (SSSR count). The second-order valence-electron chi connectivity index (χ2n) is 5.17. The van der Waals surface area contributed by atoms with Crippen LogP contribution >= 0.6 is 15.9 Å². The summed E-state index contributed by atoms with van der Waals surface area (Å²) < 4.78 is 1.00. The highest BCUT2D eigenvalue weighted by Crippen LogP contribution is 2.28. The van der Waals surface area contributed by atoms with Gasteiger partial charge >= 0.3 is 0 Å². The van der Waals surface area contributed by atoms with Crippen molar-refractivity contribution in [2.24, 2.45) is 4.99 Å². The number of aliphatic imine (C=N–C) groups is 1. The van der Waals surface area contributed by atoms with E-state index in [-0.39, 0.29) is 0 Å². The number of pyridine rings is 1. The minimum atomic E-state index is 0.902. The summed E-state index contributed by atoms with van der Waals surface area (Å²) in [5.41, 5.74) is 5.23. The second-order valence-corrected chi connectivity index (χ2v) is 6.02. The van der Waals surface area contributed by atoms with Gasteiger partial charge < -0.3 is 0 Å². The van der Waals surface area contributed by atoms with Gasteiger partial charge in [0, 0.05) is 21.8 Å². The quantitative estimate of drug-likeness (QED) is 0.555. The van der Waals surface area contributed by atoms with E-state index in [0.717, 1.165) is 33.4 Å². The average molecular weight is 365 g/mol. The molecule has 0 aliphatic carbocycles. The van der Waals surface area contributed by atoms with Crippen LogP contribution in [0, 0.1) is 0 Å². The molecule has 3 aromatic rings. The highest BCUT2D eigenvalue weighted by Gasteiger charge is 2.10. The first-order valence-electron chi connectivity index (χ1n) is 7.61. The Morgan fingerprint density at radius 1 is 0.913 bits per heavy atom. The largest absolute Gasteiger partial charge is 0.261 e. The summed E-state index contributed by atoms with van der Waals surface area (Å²) in [5.74, 6) is 0. The highest BCUT2D eigenvalue weighted by molar-refractivity contribution is 9.10. The number of hydrogen-bond acceptors (Lipinski definition) is 2. The van der Waals surface area contributed by atoms with Crippen LogP contribution in [0.25, 0.3) is 0 Å². The van der Waals surface area contributed by atoms with Crippen molar-refractivity contribution in [3.05, 3.63) is 94.2 Å². The van der Waals surface area contributed by atoms with Crippen LogP contribution in [0.2, 0.25) is 0 Å². The summed E-state index contributed by atoms with van der Waals surface area (Å²) in [7, 11) is 0. The Kier molecular flexibility index (Phi) is 4.99. The van der Waals surface area contributed by atoms with Crippen LogP contribution in [0.3, 0.4) is 0 Å². The van der Waals surface area contributed by atoms with E-state index in [1.54, 1.807) is 0 Å². The summed E-state index contributed by atoms with van der Waals surface area (Å²) >= 11 is 3.58. The Balaban J connectivity index is 2.19. The Hall–Kier alpha value is -2.26. The van der Waals surface area contributed by atoms with E-state index >= 15 is 0 Å². The minimum Gasteiger partial charge on any atom is -0.261 e. The number of nitrogens with zero attached hydrogens (tertiary/aromatic N) is 2. The number of rotatable bonds is 4. The van der Waals surface area contributed by atoms with Crippen molar-refractivity contribution in [2.75, 3.05) is 0 Å². The monoisotopic (exact) mass is 364 g/mol. The molecule has 0 N–H and O–H groups in total. The van der Waals surface area contributed by atoms with Crippen molar-refractivity contribution < 1.29 is 0 Å². The third-order valence-corrected chi connectivity index (χ3v) is 4.35. The minimum absolute atomic E-state index is 0.902. The maximum atomic E-state index is 4.95. The maximum absolute atomic E-state index is 4.95. The first kappa shape index (κ1) is 15.6. The number of benzene rings is 2. The average Bonchev–Trinajstić information content (AvgIpc) is 2.61. The first-order chi connectivity index (χ1) is 11.3. The van der Waals surface area contributed by atoms with Gasteiger partial charge in [0.15, 0.2) is 0 Å². The molecule has 1 heterocycles. The second kappa shape index (κ2) is 7.34. The molecule has 23 heavy (non-hydrogen) atoms. The Morgan fingerprint density at radius 3 is 2.00 bits per heavy atom. The Morgan fingerprint density at radius 2 is 1.48 bits per heavy atom. The molecule has 0 fully saturated rings. The van der Waals surface area contributed by atoms with Gasteiger partial charge in [-0.1, -0.05) is 67.6 Å². The molecular weight excluding hydrogens is 348 g/mol. The predicted molar refractivity (Wildman–Crippen MR) is 99.5 cm³/mol. The first-order valence-corrected chi connectivity index (χ1v) is 8.40. The van der Waals surface area contributed by atoms with Gasteiger partial charge in [0.25, 0.3) is 0 Å². The van der Waals surface area contributed by atoms with Crippen LogP contribution in [0.15, 0.2) is 82.5 Å². The van der Waals surface area contributed by atoms with Crippen molar-refractivity contribution in [1.29, 1.82) is 0 Å². The predicted octanol–water partition coefficient (Wildman–Crippen LogP) is 5.58. The molecular formula is C20H17BrN2. The van der Waals surface area contributed by atoms with Gasteiger partial charge in [-0.15, -0.1) is 0 Å². The van der Waals surface area contributed by atoms with Crippen LogP contribution in [-0.4, -0.2) is 10.7 Å². The number of aromatic nitrogens is 1. The molecule has 114 valence electrons. The van der Waals surface area contributed by atoms with Gasteiger partial charge in [0.2, 0.25) is 0 Å². The molecule has 0 aliphatic rings. The van der Waals surface area contributed by atoms with E-state index in [1.165, 1.54) is 5.56 Å². The highest BCUT2D eigenvalue weighted by atomic mass is 79.9. The number of halogens is 1.